The first-order valence-corrected chi connectivity index (χ1v) is 9.70. The third-order valence-corrected chi connectivity index (χ3v) is 4.44. The Bertz CT molecular complexity index is 1170. The molecule has 0 aliphatic rings. The Labute approximate surface area is 188 Å². The zero-order valence-electron chi connectivity index (χ0n) is 16.9. The highest BCUT2D eigenvalue weighted by atomic mass is 35.5. The number of nitrogens with one attached hydrogen (secondary N) is 2. The molecule has 0 unspecified atom stereocenters. The number of carbonyl (C=O) groups excluding carboxylic acids is 3. The molecule has 9 heteroatoms. The minimum atomic E-state index is -0.971. The second-order valence-electron chi connectivity index (χ2n) is 6.30. The third-order valence-electron chi connectivity index (χ3n) is 4.11. The van der Waals surface area contributed by atoms with E-state index in [2.05, 4.69) is 15.8 Å². The molecule has 0 fully saturated rings. The van der Waals surface area contributed by atoms with E-state index in [9.17, 15) is 14.4 Å². The molecule has 3 aromatic carbocycles. The van der Waals surface area contributed by atoms with Gasteiger partial charge in [0.15, 0.2) is 11.5 Å². The number of para-hydroxylation sites is 1. The van der Waals surface area contributed by atoms with E-state index in [4.69, 9.17) is 21.1 Å². The zero-order valence-corrected chi connectivity index (χ0v) is 17.6. The summed E-state index contributed by atoms with van der Waals surface area (Å²) in [5.74, 6) is -1.90. The van der Waals surface area contributed by atoms with E-state index in [0.29, 0.717) is 27.6 Å². The van der Waals surface area contributed by atoms with Crippen molar-refractivity contribution in [3.8, 4) is 11.5 Å². The van der Waals surface area contributed by atoms with E-state index in [1.165, 1.54) is 19.4 Å². The van der Waals surface area contributed by atoms with Gasteiger partial charge in [-0.25, -0.2) is 10.2 Å². The molecule has 32 heavy (non-hydrogen) atoms. The lowest BCUT2D eigenvalue weighted by atomic mass is 10.2. The van der Waals surface area contributed by atoms with Gasteiger partial charge in [-0.05, 0) is 48.0 Å². The van der Waals surface area contributed by atoms with Crippen LogP contribution < -0.4 is 20.2 Å². The van der Waals surface area contributed by atoms with Crippen molar-refractivity contribution in [3.63, 3.8) is 0 Å². The number of ether oxygens (including phenoxy) is 2. The maximum atomic E-state index is 12.2. The Hall–Kier alpha value is -4.17. The lowest BCUT2D eigenvalue weighted by molar-refractivity contribution is -0.136. The summed E-state index contributed by atoms with van der Waals surface area (Å²) in [7, 11) is 1.43. The van der Waals surface area contributed by atoms with Gasteiger partial charge >= 0.3 is 17.8 Å². The molecular formula is C23H18ClN3O5. The van der Waals surface area contributed by atoms with E-state index in [-0.39, 0.29) is 5.75 Å². The molecule has 162 valence electrons. The van der Waals surface area contributed by atoms with Crippen molar-refractivity contribution in [2.24, 2.45) is 5.10 Å². The van der Waals surface area contributed by atoms with Crippen LogP contribution in [0.1, 0.15) is 15.9 Å². The molecule has 3 rings (SSSR count). The van der Waals surface area contributed by atoms with Crippen LogP contribution in [0.25, 0.3) is 0 Å². The second kappa shape index (κ2) is 10.7. The van der Waals surface area contributed by atoms with Crippen LogP contribution in [-0.4, -0.2) is 31.1 Å². The number of esters is 1. The maximum absolute atomic E-state index is 12.2. The summed E-state index contributed by atoms with van der Waals surface area (Å²) >= 11 is 5.95. The summed E-state index contributed by atoms with van der Waals surface area (Å²) in [6, 6.07) is 19.8. The van der Waals surface area contributed by atoms with E-state index in [1.807, 2.05) is 0 Å². The fourth-order valence-electron chi connectivity index (χ4n) is 2.54. The molecule has 0 radical (unpaired) electrons. The van der Waals surface area contributed by atoms with Gasteiger partial charge in [0, 0.05) is 0 Å². The summed E-state index contributed by atoms with van der Waals surface area (Å²) in [4.78, 5) is 36.1. The Kier molecular flexibility index (Phi) is 7.55. The number of benzene rings is 3. The molecular weight excluding hydrogens is 434 g/mol. The molecule has 0 spiro atoms. The number of amides is 2. The number of carbonyl (C=O) groups is 3. The second-order valence-corrected chi connectivity index (χ2v) is 6.71. The predicted molar refractivity (Wildman–Crippen MR) is 120 cm³/mol. The van der Waals surface area contributed by atoms with Crippen LogP contribution in [0.2, 0.25) is 5.02 Å². The molecule has 8 nitrogen and oxygen atoms in total. The van der Waals surface area contributed by atoms with Crippen LogP contribution in [-0.2, 0) is 9.59 Å². The number of halogens is 1. The van der Waals surface area contributed by atoms with Crippen molar-refractivity contribution in [1.82, 2.24) is 5.43 Å². The number of hydrazone groups is 1. The molecule has 0 aliphatic heterocycles. The van der Waals surface area contributed by atoms with E-state index < -0.39 is 17.8 Å². The Morgan fingerprint density at radius 1 is 0.906 bits per heavy atom. The highest BCUT2D eigenvalue weighted by Gasteiger charge is 2.15. The van der Waals surface area contributed by atoms with Gasteiger partial charge in [0.1, 0.15) is 0 Å². The monoisotopic (exact) mass is 451 g/mol. The summed E-state index contributed by atoms with van der Waals surface area (Å²) in [5, 5.41) is 6.45. The number of anilines is 1. The van der Waals surface area contributed by atoms with Crippen LogP contribution in [0.3, 0.4) is 0 Å². The molecule has 2 N–H and O–H groups in total. The van der Waals surface area contributed by atoms with Gasteiger partial charge in [-0.15, -0.1) is 0 Å². The average molecular weight is 452 g/mol. The molecule has 0 atom stereocenters. The maximum Gasteiger partial charge on any atom is 0.343 e. The molecule has 0 aromatic heterocycles. The van der Waals surface area contributed by atoms with Gasteiger partial charge in [-0.2, -0.15) is 5.10 Å². The minimum Gasteiger partial charge on any atom is -0.493 e. The van der Waals surface area contributed by atoms with Crippen LogP contribution in [0, 0.1) is 0 Å². The molecule has 0 bridgehead atoms. The normalized spacial score (nSPS) is 10.4. The van der Waals surface area contributed by atoms with Crippen molar-refractivity contribution in [2.45, 2.75) is 0 Å². The van der Waals surface area contributed by atoms with Gasteiger partial charge in [0.2, 0.25) is 0 Å². The SMILES string of the molecule is COc1cc(/C=N/NC(=O)C(=O)Nc2ccccc2Cl)ccc1OC(=O)c1ccccc1. The molecule has 0 saturated carbocycles. The van der Waals surface area contributed by atoms with Crippen LogP contribution in [0.15, 0.2) is 77.9 Å². The first kappa shape index (κ1) is 22.5. The van der Waals surface area contributed by atoms with Gasteiger partial charge in [0.05, 0.1) is 29.6 Å². The fourth-order valence-corrected chi connectivity index (χ4v) is 2.72. The van der Waals surface area contributed by atoms with E-state index >= 15 is 0 Å². The smallest absolute Gasteiger partial charge is 0.343 e. The average Bonchev–Trinajstić information content (AvgIpc) is 2.81. The van der Waals surface area contributed by atoms with Gasteiger partial charge in [-0.3, -0.25) is 9.59 Å². The third kappa shape index (κ3) is 5.93. The van der Waals surface area contributed by atoms with Crippen LogP contribution in [0.5, 0.6) is 11.5 Å². The Morgan fingerprint density at radius 2 is 1.62 bits per heavy atom. The zero-order chi connectivity index (χ0) is 22.9. The lowest BCUT2D eigenvalue weighted by Crippen LogP contribution is -2.32. The van der Waals surface area contributed by atoms with Crippen molar-refractivity contribution in [2.75, 3.05) is 12.4 Å². The topological polar surface area (TPSA) is 106 Å². The van der Waals surface area contributed by atoms with Crippen LogP contribution in [0.4, 0.5) is 5.69 Å². The van der Waals surface area contributed by atoms with Gasteiger partial charge < -0.3 is 14.8 Å². The molecule has 3 aromatic rings. The molecule has 2 amide bonds. The number of methoxy groups -OCH3 is 1. The Balaban J connectivity index is 1.61. The largest absolute Gasteiger partial charge is 0.493 e. The molecule has 0 saturated heterocycles. The minimum absolute atomic E-state index is 0.224. The van der Waals surface area contributed by atoms with Crippen LogP contribution >= 0.6 is 11.6 Å². The standard InChI is InChI=1S/C23H18ClN3O5/c1-31-20-13-15(11-12-19(20)32-23(30)16-7-3-2-4-8-16)14-25-27-22(29)21(28)26-18-10-6-5-9-17(18)24/h2-14H,1H3,(H,26,28)(H,27,29)/b25-14+. The number of hydrogen-bond acceptors (Lipinski definition) is 6. The quantitative estimate of drug-likeness (QED) is 0.195. The van der Waals surface area contributed by atoms with E-state index in [0.717, 1.165) is 0 Å². The number of rotatable bonds is 6. The van der Waals surface area contributed by atoms with Crippen molar-refractivity contribution in [1.29, 1.82) is 0 Å². The predicted octanol–water partition coefficient (Wildman–Crippen LogP) is 3.66. The van der Waals surface area contributed by atoms with Crippen molar-refractivity contribution >= 4 is 41.3 Å². The number of nitrogens with zero attached hydrogens (tertiary/aromatic N) is 1. The van der Waals surface area contributed by atoms with Crippen molar-refractivity contribution < 1.29 is 23.9 Å². The lowest BCUT2D eigenvalue weighted by Gasteiger charge is -2.10. The summed E-state index contributed by atoms with van der Waals surface area (Å²) < 4.78 is 10.6. The summed E-state index contributed by atoms with van der Waals surface area (Å²) in [5.41, 5.74) is 3.37. The number of hydrogen-bond donors (Lipinski definition) is 2. The fraction of sp³-hybridized carbons (Fsp3) is 0.0435. The first-order valence-electron chi connectivity index (χ1n) is 9.32. The summed E-state index contributed by atoms with van der Waals surface area (Å²) in [6.45, 7) is 0. The van der Waals surface area contributed by atoms with Gasteiger partial charge in [-0.1, -0.05) is 41.9 Å². The first-order chi connectivity index (χ1) is 15.5. The summed E-state index contributed by atoms with van der Waals surface area (Å²) in [6.07, 6.45) is 1.31. The van der Waals surface area contributed by atoms with E-state index in [1.54, 1.807) is 66.7 Å². The highest BCUT2D eigenvalue weighted by Crippen LogP contribution is 2.28. The van der Waals surface area contributed by atoms with Gasteiger partial charge in [0.25, 0.3) is 0 Å². The molecule has 0 aliphatic carbocycles. The highest BCUT2D eigenvalue weighted by molar-refractivity contribution is 6.41. The van der Waals surface area contributed by atoms with Crippen molar-refractivity contribution in [3.05, 3.63) is 88.9 Å². The molecule has 0 heterocycles. The Morgan fingerprint density at radius 3 is 2.34 bits per heavy atom.